The Balaban J connectivity index is 1.66. The van der Waals surface area contributed by atoms with E-state index in [0.717, 1.165) is 0 Å². The Hall–Kier alpha value is -3.08. The molecule has 1 aliphatic heterocycles. The van der Waals surface area contributed by atoms with Crippen LogP contribution in [0.1, 0.15) is 11.1 Å². The molecule has 9 nitrogen and oxygen atoms in total. The van der Waals surface area contributed by atoms with Crippen molar-refractivity contribution in [1.82, 2.24) is 4.31 Å². The van der Waals surface area contributed by atoms with E-state index in [1.807, 2.05) is 0 Å². The van der Waals surface area contributed by atoms with Crippen LogP contribution in [0, 0.1) is 17.0 Å². The molecular formula is C20H21N3O6S. The summed E-state index contributed by atoms with van der Waals surface area (Å²) in [5.74, 6) is -0.460. The van der Waals surface area contributed by atoms with Crippen LogP contribution >= 0.6 is 0 Å². The van der Waals surface area contributed by atoms with E-state index in [1.54, 1.807) is 31.2 Å². The molecule has 1 amide bonds. The summed E-state index contributed by atoms with van der Waals surface area (Å²) in [5, 5.41) is 13.6. The molecule has 0 atom stereocenters. The first kappa shape index (κ1) is 21.6. The van der Waals surface area contributed by atoms with Gasteiger partial charge in [-0.05, 0) is 36.8 Å². The van der Waals surface area contributed by atoms with Crippen LogP contribution < -0.4 is 5.32 Å². The van der Waals surface area contributed by atoms with Gasteiger partial charge in [0, 0.05) is 36.5 Å². The Bertz CT molecular complexity index is 1070. The zero-order valence-corrected chi connectivity index (χ0v) is 17.1. The molecule has 2 aromatic carbocycles. The molecule has 1 saturated heterocycles. The average Bonchev–Trinajstić information content (AvgIpc) is 2.74. The monoisotopic (exact) mass is 431 g/mol. The molecule has 30 heavy (non-hydrogen) atoms. The van der Waals surface area contributed by atoms with Gasteiger partial charge in [0.1, 0.15) is 0 Å². The molecule has 1 fully saturated rings. The maximum atomic E-state index is 12.6. The fraction of sp³-hybridized carbons (Fsp3) is 0.250. The van der Waals surface area contributed by atoms with E-state index in [2.05, 4.69) is 5.32 Å². The number of hydrogen-bond acceptors (Lipinski definition) is 6. The predicted octanol–water partition coefficient (Wildman–Crippen LogP) is 2.58. The van der Waals surface area contributed by atoms with E-state index < -0.39 is 20.9 Å². The van der Waals surface area contributed by atoms with E-state index >= 15 is 0 Å². The molecule has 1 aliphatic rings. The number of amides is 1. The van der Waals surface area contributed by atoms with Gasteiger partial charge in [0.05, 0.1) is 23.0 Å². The van der Waals surface area contributed by atoms with Crippen molar-refractivity contribution in [2.75, 3.05) is 31.6 Å². The van der Waals surface area contributed by atoms with Crippen LogP contribution in [0.2, 0.25) is 0 Å². The SMILES string of the molecule is Cc1ccc(NC(=O)/C=C/c2ccc(S(=O)(=O)N3CCOCC3)cc2)cc1[N+](=O)[O-]. The summed E-state index contributed by atoms with van der Waals surface area (Å²) in [4.78, 5) is 22.8. The van der Waals surface area contributed by atoms with Gasteiger partial charge in [0.2, 0.25) is 15.9 Å². The van der Waals surface area contributed by atoms with Gasteiger partial charge in [0.25, 0.3) is 5.69 Å². The molecule has 0 unspecified atom stereocenters. The first-order chi connectivity index (χ1) is 14.3. The highest BCUT2D eigenvalue weighted by molar-refractivity contribution is 7.89. The molecule has 2 aromatic rings. The molecule has 0 radical (unpaired) electrons. The van der Waals surface area contributed by atoms with Crippen molar-refractivity contribution in [3.05, 3.63) is 69.8 Å². The molecular weight excluding hydrogens is 410 g/mol. The fourth-order valence-corrected chi connectivity index (χ4v) is 4.33. The number of aryl methyl sites for hydroxylation is 1. The third-order valence-corrected chi connectivity index (χ3v) is 6.50. The Morgan fingerprint density at radius 1 is 1.17 bits per heavy atom. The van der Waals surface area contributed by atoms with Crippen molar-refractivity contribution in [1.29, 1.82) is 0 Å². The minimum atomic E-state index is -3.57. The van der Waals surface area contributed by atoms with Gasteiger partial charge < -0.3 is 10.1 Å². The van der Waals surface area contributed by atoms with Crippen LogP contribution in [0.3, 0.4) is 0 Å². The minimum absolute atomic E-state index is 0.0751. The summed E-state index contributed by atoms with van der Waals surface area (Å²) in [6.45, 7) is 3.01. The summed E-state index contributed by atoms with van der Waals surface area (Å²) in [5.41, 5.74) is 1.38. The number of carbonyl (C=O) groups is 1. The van der Waals surface area contributed by atoms with Crippen molar-refractivity contribution in [2.45, 2.75) is 11.8 Å². The van der Waals surface area contributed by atoms with E-state index in [0.29, 0.717) is 43.1 Å². The third-order valence-electron chi connectivity index (χ3n) is 4.59. The third kappa shape index (κ3) is 5.09. The molecule has 1 heterocycles. The van der Waals surface area contributed by atoms with E-state index in [1.165, 1.54) is 34.7 Å². The predicted molar refractivity (Wildman–Crippen MR) is 112 cm³/mol. The van der Waals surface area contributed by atoms with Crippen molar-refractivity contribution in [3.8, 4) is 0 Å². The first-order valence-electron chi connectivity index (χ1n) is 9.19. The van der Waals surface area contributed by atoms with Crippen molar-refractivity contribution in [2.24, 2.45) is 0 Å². The van der Waals surface area contributed by atoms with Gasteiger partial charge >= 0.3 is 0 Å². The zero-order chi connectivity index (χ0) is 21.7. The number of hydrogen-bond donors (Lipinski definition) is 1. The number of nitro groups is 1. The second-order valence-corrected chi connectivity index (χ2v) is 8.60. The molecule has 158 valence electrons. The lowest BCUT2D eigenvalue weighted by Crippen LogP contribution is -2.40. The lowest BCUT2D eigenvalue weighted by molar-refractivity contribution is -0.385. The summed E-state index contributed by atoms with van der Waals surface area (Å²) < 4.78 is 31.8. The standard InChI is InChI=1S/C20H21N3O6S/c1-15-2-6-17(14-19(15)23(25)26)21-20(24)9-5-16-3-7-18(8-4-16)30(27,28)22-10-12-29-13-11-22/h2-9,14H,10-13H2,1H3,(H,21,24)/b9-5+. The van der Waals surface area contributed by atoms with Gasteiger partial charge in [-0.25, -0.2) is 8.42 Å². The molecule has 3 rings (SSSR count). The van der Waals surface area contributed by atoms with E-state index in [9.17, 15) is 23.3 Å². The van der Waals surface area contributed by atoms with Crippen molar-refractivity contribution in [3.63, 3.8) is 0 Å². The highest BCUT2D eigenvalue weighted by Crippen LogP contribution is 2.22. The molecule has 0 aromatic heterocycles. The number of rotatable bonds is 6. The number of nitrogens with one attached hydrogen (secondary N) is 1. The van der Waals surface area contributed by atoms with Crippen LogP contribution in [0.15, 0.2) is 53.4 Å². The van der Waals surface area contributed by atoms with Crippen LogP contribution in [0.5, 0.6) is 0 Å². The zero-order valence-electron chi connectivity index (χ0n) is 16.3. The molecule has 0 aliphatic carbocycles. The second-order valence-electron chi connectivity index (χ2n) is 6.67. The number of carbonyl (C=O) groups excluding carboxylic acids is 1. The highest BCUT2D eigenvalue weighted by atomic mass is 32.2. The number of anilines is 1. The summed E-state index contributed by atoms with van der Waals surface area (Å²) >= 11 is 0. The number of morpholine rings is 1. The van der Waals surface area contributed by atoms with E-state index in [4.69, 9.17) is 4.74 Å². The Kier molecular flexibility index (Phi) is 6.60. The van der Waals surface area contributed by atoms with Crippen molar-refractivity contribution >= 4 is 33.4 Å². The average molecular weight is 431 g/mol. The largest absolute Gasteiger partial charge is 0.379 e. The topological polar surface area (TPSA) is 119 Å². The summed E-state index contributed by atoms with van der Waals surface area (Å²) in [7, 11) is -3.57. The van der Waals surface area contributed by atoms with Crippen molar-refractivity contribution < 1.29 is 22.9 Å². The van der Waals surface area contributed by atoms with Crippen LogP contribution in [0.25, 0.3) is 6.08 Å². The number of nitrogens with zero attached hydrogens (tertiary/aromatic N) is 2. The normalized spacial score (nSPS) is 15.2. The quantitative estimate of drug-likeness (QED) is 0.427. The maximum absolute atomic E-state index is 12.6. The lowest BCUT2D eigenvalue weighted by Gasteiger charge is -2.26. The highest BCUT2D eigenvalue weighted by Gasteiger charge is 2.25. The summed E-state index contributed by atoms with van der Waals surface area (Å²) in [6.07, 6.45) is 2.81. The lowest BCUT2D eigenvalue weighted by atomic mass is 10.2. The van der Waals surface area contributed by atoms with Gasteiger partial charge in [-0.2, -0.15) is 4.31 Å². The molecule has 10 heteroatoms. The molecule has 0 saturated carbocycles. The minimum Gasteiger partial charge on any atom is -0.379 e. The molecule has 1 N–H and O–H groups in total. The Labute approximate surface area is 174 Å². The fourth-order valence-electron chi connectivity index (χ4n) is 2.93. The number of sulfonamides is 1. The Morgan fingerprint density at radius 2 is 1.83 bits per heavy atom. The number of ether oxygens (including phenoxy) is 1. The number of benzene rings is 2. The first-order valence-corrected chi connectivity index (χ1v) is 10.6. The Morgan fingerprint density at radius 3 is 2.47 bits per heavy atom. The second kappa shape index (κ2) is 9.16. The van der Waals surface area contributed by atoms with Gasteiger partial charge in [-0.1, -0.05) is 18.2 Å². The number of nitro benzene ring substituents is 1. The molecule has 0 spiro atoms. The van der Waals surface area contributed by atoms with Crippen LogP contribution in [-0.4, -0.2) is 49.9 Å². The smallest absolute Gasteiger partial charge is 0.274 e. The van der Waals surface area contributed by atoms with Crippen LogP contribution in [-0.2, 0) is 19.6 Å². The molecule has 0 bridgehead atoms. The van der Waals surface area contributed by atoms with Gasteiger partial charge in [0.15, 0.2) is 0 Å². The van der Waals surface area contributed by atoms with Crippen LogP contribution in [0.4, 0.5) is 11.4 Å². The van der Waals surface area contributed by atoms with Gasteiger partial charge in [-0.3, -0.25) is 14.9 Å². The summed E-state index contributed by atoms with van der Waals surface area (Å²) in [6, 6.07) is 10.6. The van der Waals surface area contributed by atoms with E-state index in [-0.39, 0.29) is 10.6 Å². The maximum Gasteiger partial charge on any atom is 0.274 e. The van der Waals surface area contributed by atoms with Gasteiger partial charge in [-0.15, -0.1) is 0 Å².